The second-order valence-corrected chi connectivity index (χ2v) is 9.25. The van der Waals surface area contributed by atoms with E-state index in [0.29, 0.717) is 19.6 Å². The monoisotopic (exact) mass is 420 g/mol. The molecule has 1 aromatic heterocycles. The highest BCUT2D eigenvalue weighted by Gasteiger charge is 2.67. The molecule has 7 heteroatoms. The maximum absolute atomic E-state index is 13.5. The number of aromatic nitrogens is 2. The number of aryl methyl sites for hydroxylation is 3. The molecule has 5 rings (SSSR count). The van der Waals surface area contributed by atoms with E-state index in [1.165, 1.54) is 11.1 Å². The summed E-state index contributed by atoms with van der Waals surface area (Å²) in [5.74, 6) is -1.02. The van der Waals surface area contributed by atoms with E-state index >= 15 is 0 Å². The topological polar surface area (TPSA) is 78.5 Å². The Balaban J connectivity index is 1.35. The van der Waals surface area contributed by atoms with Gasteiger partial charge < -0.3 is 14.5 Å². The Bertz CT molecular complexity index is 1090. The number of aromatic amines is 1. The fourth-order valence-electron chi connectivity index (χ4n) is 5.25. The van der Waals surface area contributed by atoms with Crippen LogP contribution < -0.4 is 0 Å². The van der Waals surface area contributed by atoms with E-state index in [1.807, 2.05) is 30.0 Å². The van der Waals surface area contributed by atoms with Gasteiger partial charge in [-0.15, -0.1) is 0 Å². The van der Waals surface area contributed by atoms with Crippen LogP contribution in [0, 0.1) is 32.6 Å². The minimum absolute atomic E-state index is 0.00689. The first kappa shape index (κ1) is 20.0. The molecule has 4 heterocycles. The second-order valence-electron chi connectivity index (χ2n) is 9.25. The van der Waals surface area contributed by atoms with Crippen LogP contribution in [0.2, 0.25) is 0 Å². The molecular weight excluding hydrogens is 392 g/mol. The Hall–Kier alpha value is -2.93. The van der Waals surface area contributed by atoms with Crippen molar-refractivity contribution in [3.05, 3.63) is 64.5 Å². The predicted molar refractivity (Wildman–Crippen MR) is 115 cm³/mol. The van der Waals surface area contributed by atoms with Gasteiger partial charge in [0.1, 0.15) is 5.60 Å². The number of H-pyrrole nitrogens is 1. The summed E-state index contributed by atoms with van der Waals surface area (Å²) in [6, 6.07) is 8.21. The Morgan fingerprint density at radius 2 is 2.10 bits per heavy atom. The molecule has 1 N–H and O–H groups in total. The standard InChI is InChI=1S/C24H28N4O3/c1-14-5-6-17(9-15(14)2)11-28-13-24-8-7-19(31-24)20(21(24)23(28)30)22(29)27(4)12-18-10-16(3)25-26-18/h5-10,19-21H,11-13H2,1-4H3,(H,25,26)/t19-,20+,21-,24-/m0/s1. The number of likely N-dealkylation sites (tertiary alicyclic amines) is 1. The SMILES string of the molecule is Cc1cc(CN(C)C(=O)[C@@H]2[C@@H]3C=C[C@@]4(CN(Cc5ccc(C)c(C)c5)C(=O)[C@H]24)O3)n[nH]1. The van der Waals surface area contributed by atoms with Gasteiger partial charge in [0.05, 0.1) is 36.7 Å². The Labute approximate surface area is 182 Å². The lowest BCUT2D eigenvalue weighted by atomic mass is 9.76. The molecule has 0 aliphatic carbocycles. The Morgan fingerprint density at radius 3 is 2.81 bits per heavy atom. The first-order chi connectivity index (χ1) is 14.8. The molecule has 3 aliphatic rings. The fourth-order valence-corrected chi connectivity index (χ4v) is 5.25. The molecule has 0 saturated carbocycles. The summed E-state index contributed by atoms with van der Waals surface area (Å²) >= 11 is 0. The quantitative estimate of drug-likeness (QED) is 0.753. The van der Waals surface area contributed by atoms with Crippen molar-refractivity contribution in [3.8, 4) is 0 Å². The molecular formula is C24H28N4O3. The number of hydrogen-bond acceptors (Lipinski definition) is 4. The number of nitrogens with zero attached hydrogens (tertiary/aromatic N) is 3. The molecule has 4 atom stereocenters. The third-order valence-corrected chi connectivity index (χ3v) is 6.94. The van der Waals surface area contributed by atoms with Crippen LogP contribution in [-0.2, 0) is 27.4 Å². The van der Waals surface area contributed by atoms with Gasteiger partial charge in [-0.05, 0) is 43.5 Å². The van der Waals surface area contributed by atoms with Crippen molar-refractivity contribution in [2.75, 3.05) is 13.6 Å². The molecule has 0 radical (unpaired) electrons. The molecule has 2 bridgehead atoms. The number of benzene rings is 1. The minimum atomic E-state index is -0.689. The Morgan fingerprint density at radius 1 is 1.29 bits per heavy atom. The van der Waals surface area contributed by atoms with Crippen molar-refractivity contribution in [3.63, 3.8) is 0 Å². The van der Waals surface area contributed by atoms with Crippen LogP contribution in [0.4, 0.5) is 0 Å². The summed E-state index contributed by atoms with van der Waals surface area (Å²) in [5.41, 5.74) is 4.61. The van der Waals surface area contributed by atoms with Crippen molar-refractivity contribution in [1.29, 1.82) is 0 Å². The molecule has 162 valence electrons. The number of hydrogen-bond donors (Lipinski definition) is 1. The van der Waals surface area contributed by atoms with Gasteiger partial charge in [0.25, 0.3) is 0 Å². The van der Waals surface area contributed by atoms with Gasteiger partial charge in [0.15, 0.2) is 0 Å². The number of ether oxygens (including phenoxy) is 1. The smallest absolute Gasteiger partial charge is 0.230 e. The first-order valence-electron chi connectivity index (χ1n) is 10.8. The maximum atomic E-state index is 13.5. The van der Waals surface area contributed by atoms with Gasteiger partial charge in [-0.2, -0.15) is 5.10 Å². The maximum Gasteiger partial charge on any atom is 0.230 e. The summed E-state index contributed by atoms with van der Waals surface area (Å²) in [4.78, 5) is 30.3. The van der Waals surface area contributed by atoms with Crippen LogP contribution >= 0.6 is 0 Å². The van der Waals surface area contributed by atoms with Crippen LogP contribution in [0.3, 0.4) is 0 Å². The molecule has 2 fully saturated rings. The lowest BCUT2D eigenvalue weighted by Crippen LogP contribution is -2.44. The zero-order valence-corrected chi connectivity index (χ0v) is 18.4. The average molecular weight is 421 g/mol. The summed E-state index contributed by atoms with van der Waals surface area (Å²) in [6.07, 6.45) is 3.62. The highest BCUT2D eigenvalue weighted by molar-refractivity contribution is 5.93. The van der Waals surface area contributed by atoms with Gasteiger partial charge >= 0.3 is 0 Å². The largest absolute Gasteiger partial charge is 0.360 e. The first-order valence-corrected chi connectivity index (χ1v) is 10.8. The lowest BCUT2D eigenvalue weighted by molar-refractivity contribution is -0.142. The minimum Gasteiger partial charge on any atom is -0.360 e. The van der Waals surface area contributed by atoms with Crippen LogP contribution in [0.5, 0.6) is 0 Å². The normalized spacial score (nSPS) is 28.5. The molecule has 7 nitrogen and oxygen atoms in total. The van der Waals surface area contributed by atoms with Crippen molar-refractivity contribution in [1.82, 2.24) is 20.0 Å². The summed E-state index contributed by atoms with van der Waals surface area (Å²) in [6.45, 7) is 7.51. The second kappa shape index (κ2) is 7.05. The molecule has 3 aliphatic heterocycles. The number of nitrogens with one attached hydrogen (secondary N) is 1. The van der Waals surface area contributed by atoms with Crippen LogP contribution in [0.15, 0.2) is 36.4 Å². The highest BCUT2D eigenvalue weighted by atomic mass is 16.5. The molecule has 2 aromatic rings. The van der Waals surface area contributed by atoms with Gasteiger partial charge in [-0.25, -0.2) is 0 Å². The van der Waals surface area contributed by atoms with Crippen molar-refractivity contribution >= 4 is 11.8 Å². The van der Waals surface area contributed by atoms with Gasteiger partial charge in [0, 0.05) is 19.3 Å². The van der Waals surface area contributed by atoms with Crippen molar-refractivity contribution in [2.24, 2.45) is 11.8 Å². The zero-order valence-electron chi connectivity index (χ0n) is 18.4. The summed E-state index contributed by atoms with van der Waals surface area (Å²) in [5, 5.41) is 7.13. The third-order valence-electron chi connectivity index (χ3n) is 6.94. The molecule has 1 spiro atoms. The number of carbonyl (C=O) groups is 2. The molecule has 1 aromatic carbocycles. The van der Waals surface area contributed by atoms with E-state index in [1.54, 1.807) is 11.9 Å². The number of fused-ring (bicyclic) bond motifs is 1. The summed E-state index contributed by atoms with van der Waals surface area (Å²) < 4.78 is 6.26. The van der Waals surface area contributed by atoms with E-state index < -0.39 is 17.4 Å². The van der Waals surface area contributed by atoms with Crippen LogP contribution in [0.25, 0.3) is 0 Å². The Kier molecular flexibility index (Phi) is 4.55. The molecule has 2 amide bonds. The van der Waals surface area contributed by atoms with Gasteiger partial charge in [-0.3, -0.25) is 14.7 Å². The number of rotatable bonds is 5. The predicted octanol–water partition coefficient (Wildman–Crippen LogP) is 2.28. The molecule has 31 heavy (non-hydrogen) atoms. The number of amides is 2. The third kappa shape index (κ3) is 3.19. The molecule has 2 saturated heterocycles. The van der Waals surface area contributed by atoms with E-state index in [2.05, 4.69) is 42.2 Å². The van der Waals surface area contributed by atoms with Crippen LogP contribution in [0.1, 0.15) is 28.1 Å². The van der Waals surface area contributed by atoms with E-state index in [-0.39, 0.29) is 17.9 Å². The van der Waals surface area contributed by atoms with Crippen molar-refractivity contribution < 1.29 is 14.3 Å². The van der Waals surface area contributed by atoms with E-state index in [9.17, 15) is 9.59 Å². The van der Waals surface area contributed by atoms with Gasteiger partial charge in [-0.1, -0.05) is 30.4 Å². The fraction of sp³-hybridized carbons (Fsp3) is 0.458. The van der Waals surface area contributed by atoms with E-state index in [0.717, 1.165) is 17.0 Å². The zero-order chi connectivity index (χ0) is 21.9. The van der Waals surface area contributed by atoms with Crippen LogP contribution in [-0.4, -0.2) is 57.1 Å². The van der Waals surface area contributed by atoms with Crippen molar-refractivity contribution in [2.45, 2.75) is 45.6 Å². The highest BCUT2D eigenvalue weighted by Crippen LogP contribution is 2.52. The summed E-state index contributed by atoms with van der Waals surface area (Å²) in [7, 11) is 1.76. The van der Waals surface area contributed by atoms with E-state index in [4.69, 9.17) is 4.74 Å². The lowest BCUT2D eigenvalue weighted by Gasteiger charge is -2.27. The average Bonchev–Trinajstić information content (AvgIpc) is 3.46. The molecule has 0 unspecified atom stereocenters. The van der Waals surface area contributed by atoms with Gasteiger partial charge in [0.2, 0.25) is 11.8 Å². The number of carbonyl (C=O) groups excluding carboxylic acids is 2.